The number of amides is 1. The molecule has 1 aliphatic heterocycles. The number of nitrogen functional groups attached to an aromatic ring is 1. The summed E-state index contributed by atoms with van der Waals surface area (Å²) in [4.78, 5) is 26.3. The normalized spacial score (nSPS) is 20.5. The smallest absolute Gasteiger partial charge is 0.226 e. The Morgan fingerprint density at radius 2 is 2.24 bits per heavy atom. The molecule has 9 heteroatoms. The first-order chi connectivity index (χ1) is 16.1. The molecular weight excluding hydrogens is 436 g/mol. The summed E-state index contributed by atoms with van der Waals surface area (Å²) >= 11 is 1.65. The Kier molecular flexibility index (Phi) is 5.99. The number of carbonyl (C=O) groups is 1. The number of nitrogens with two attached hydrogens (primary N) is 1. The third-order valence-electron chi connectivity index (χ3n) is 6.79. The third kappa shape index (κ3) is 4.18. The zero-order valence-corrected chi connectivity index (χ0v) is 19.2. The van der Waals surface area contributed by atoms with Gasteiger partial charge in [0.05, 0.1) is 5.39 Å². The van der Waals surface area contributed by atoms with Crippen LogP contribution in [0.3, 0.4) is 0 Å². The Bertz CT molecular complexity index is 1210. The summed E-state index contributed by atoms with van der Waals surface area (Å²) in [5.41, 5.74) is 9.18. The molecule has 172 valence electrons. The number of benzene rings is 1. The number of fused-ring (bicyclic) bond motifs is 3. The second kappa shape index (κ2) is 9.07. The molecule has 8 nitrogen and oxygen atoms in total. The van der Waals surface area contributed by atoms with Gasteiger partial charge in [-0.25, -0.2) is 9.97 Å². The summed E-state index contributed by atoms with van der Waals surface area (Å²) in [7, 11) is 0. The molecular formula is C24H28N6O2S. The topological polar surface area (TPSA) is 128 Å². The second-order valence-corrected chi connectivity index (χ2v) is 10.0. The summed E-state index contributed by atoms with van der Waals surface area (Å²) in [6.45, 7) is 1.62. The van der Waals surface area contributed by atoms with Gasteiger partial charge in [-0.2, -0.15) is 0 Å². The number of aliphatic hydroxyl groups excluding tert-OH is 1. The highest BCUT2D eigenvalue weighted by atomic mass is 32.1. The van der Waals surface area contributed by atoms with E-state index in [0.717, 1.165) is 60.4 Å². The standard InChI is InChI=1S/C24H28N6O2S/c25-10-16-8-17(4-6-19(16)26)29-22-21-18-5-3-15(9-20(18)33-23(21)28-13-27-22)24(32)30-7-1-2-14(11-30)12-31/h4,6,8,10,13-15,25,31H,1-3,5,7,9,11-12,26H2,(H,27,28,29). The van der Waals surface area contributed by atoms with Crippen molar-refractivity contribution in [3.8, 4) is 0 Å². The number of thiophene rings is 1. The van der Waals surface area contributed by atoms with Crippen molar-refractivity contribution in [1.82, 2.24) is 14.9 Å². The third-order valence-corrected chi connectivity index (χ3v) is 7.95. The first-order valence-electron chi connectivity index (χ1n) is 11.4. The molecule has 2 aromatic heterocycles. The van der Waals surface area contributed by atoms with Gasteiger partial charge in [-0.1, -0.05) is 0 Å². The minimum absolute atomic E-state index is 0.0142. The van der Waals surface area contributed by atoms with E-state index >= 15 is 0 Å². The van der Waals surface area contributed by atoms with Gasteiger partial charge in [-0.05, 0) is 61.8 Å². The molecule has 1 fully saturated rings. The fraction of sp³-hybridized carbons (Fsp3) is 0.417. The van der Waals surface area contributed by atoms with Crippen molar-refractivity contribution in [2.45, 2.75) is 32.1 Å². The Morgan fingerprint density at radius 3 is 3.06 bits per heavy atom. The van der Waals surface area contributed by atoms with Gasteiger partial charge in [0.2, 0.25) is 5.91 Å². The number of aromatic nitrogens is 2. The fourth-order valence-corrected chi connectivity index (χ4v) is 6.27. The number of piperidine rings is 1. The summed E-state index contributed by atoms with van der Waals surface area (Å²) < 4.78 is 0. The minimum atomic E-state index is -0.0142. The van der Waals surface area contributed by atoms with E-state index in [1.807, 2.05) is 17.0 Å². The molecule has 0 saturated carbocycles. The maximum Gasteiger partial charge on any atom is 0.226 e. The first-order valence-corrected chi connectivity index (χ1v) is 12.2. The summed E-state index contributed by atoms with van der Waals surface area (Å²) in [6.07, 6.45) is 7.12. The van der Waals surface area contributed by atoms with Gasteiger partial charge < -0.3 is 26.5 Å². The van der Waals surface area contributed by atoms with E-state index in [0.29, 0.717) is 17.8 Å². The van der Waals surface area contributed by atoms with Gasteiger partial charge in [0.1, 0.15) is 17.0 Å². The number of rotatable bonds is 5. The van der Waals surface area contributed by atoms with Gasteiger partial charge in [0.25, 0.3) is 0 Å². The molecule has 0 radical (unpaired) electrons. The van der Waals surface area contributed by atoms with Crippen LogP contribution in [-0.4, -0.2) is 51.8 Å². The highest BCUT2D eigenvalue weighted by Gasteiger charge is 2.33. The van der Waals surface area contributed by atoms with Crippen molar-refractivity contribution in [2.75, 3.05) is 30.7 Å². The average molecular weight is 465 g/mol. The fourth-order valence-electron chi connectivity index (χ4n) is 5.00. The maximum absolute atomic E-state index is 13.2. The lowest BCUT2D eigenvalue weighted by molar-refractivity contribution is -0.138. The van der Waals surface area contributed by atoms with E-state index in [-0.39, 0.29) is 24.3 Å². The maximum atomic E-state index is 13.2. The monoisotopic (exact) mass is 464 g/mol. The largest absolute Gasteiger partial charge is 0.398 e. The molecule has 2 atom stereocenters. The van der Waals surface area contributed by atoms with E-state index < -0.39 is 0 Å². The van der Waals surface area contributed by atoms with Crippen LogP contribution in [0.2, 0.25) is 0 Å². The van der Waals surface area contributed by atoms with Gasteiger partial charge in [-0.3, -0.25) is 4.79 Å². The lowest BCUT2D eigenvalue weighted by Crippen LogP contribution is -2.44. The molecule has 5 N–H and O–H groups in total. The van der Waals surface area contributed by atoms with Crippen molar-refractivity contribution in [1.29, 1.82) is 5.41 Å². The molecule has 2 aliphatic rings. The van der Waals surface area contributed by atoms with Crippen LogP contribution >= 0.6 is 11.3 Å². The molecule has 3 heterocycles. The lowest BCUT2D eigenvalue weighted by atomic mass is 9.86. The van der Waals surface area contributed by atoms with Gasteiger partial charge in [-0.15, -0.1) is 11.3 Å². The van der Waals surface area contributed by atoms with Crippen LogP contribution in [-0.2, 0) is 17.6 Å². The van der Waals surface area contributed by atoms with Crippen molar-refractivity contribution < 1.29 is 9.90 Å². The molecule has 3 aromatic rings. The molecule has 5 rings (SSSR count). The number of hydrogen-bond donors (Lipinski definition) is 4. The van der Waals surface area contributed by atoms with Crippen LogP contribution < -0.4 is 11.1 Å². The van der Waals surface area contributed by atoms with Crippen LogP contribution in [0.4, 0.5) is 17.2 Å². The van der Waals surface area contributed by atoms with Crippen LogP contribution in [0.1, 0.15) is 35.3 Å². The molecule has 1 saturated heterocycles. The van der Waals surface area contributed by atoms with Crippen molar-refractivity contribution in [3.63, 3.8) is 0 Å². The predicted octanol–water partition coefficient (Wildman–Crippen LogP) is 3.35. The number of anilines is 3. The summed E-state index contributed by atoms with van der Waals surface area (Å²) in [5, 5.41) is 21.5. The van der Waals surface area contributed by atoms with Crippen LogP contribution in [0.5, 0.6) is 0 Å². The Morgan fingerprint density at radius 1 is 1.36 bits per heavy atom. The highest BCUT2D eigenvalue weighted by molar-refractivity contribution is 7.19. The number of carbonyl (C=O) groups excluding carboxylic acids is 1. The van der Waals surface area contributed by atoms with Crippen LogP contribution in [0.15, 0.2) is 24.5 Å². The predicted molar refractivity (Wildman–Crippen MR) is 131 cm³/mol. The van der Waals surface area contributed by atoms with Crippen molar-refractivity contribution in [3.05, 3.63) is 40.5 Å². The number of nitrogens with zero attached hydrogens (tertiary/aromatic N) is 3. The van der Waals surface area contributed by atoms with Gasteiger partial charge in [0.15, 0.2) is 0 Å². The second-order valence-electron chi connectivity index (χ2n) is 8.93. The molecule has 0 spiro atoms. The quantitative estimate of drug-likeness (QED) is 0.339. The number of aliphatic hydroxyl groups is 1. The van der Waals surface area contributed by atoms with Gasteiger partial charge >= 0.3 is 0 Å². The zero-order valence-electron chi connectivity index (χ0n) is 18.4. The lowest BCUT2D eigenvalue weighted by Gasteiger charge is -2.35. The molecule has 33 heavy (non-hydrogen) atoms. The van der Waals surface area contributed by atoms with E-state index in [4.69, 9.17) is 11.1 Å². The number of hydrogen-bond acceptors (Lipinski definition) is 8. The molecule has 1 aromatic carbocycles. The average Bonchev–Trinajstić information content (AvgIpc) is 3.23. The minimum Gasteiger partial charge on any atom is -0.398 e. The zero-order chi connectivity index (χ0) is 22.9. The van der Waals surface area contributed by atoms with Crippen molar-refractivity contribution in [2.24, 2.45) is 11.8 Å². The summed E-state index contributed by atoms with van der Waals surface area (Å²) in [5.74, 6) is 1.16. The Hall–Kier alpha value is -3.04. The van der Waals surface area contributed by atoms with Gasteiger partial charge in [0, 0.05) is 53.6 Å². The molecule has 1 amide bonds. The molecule has 2 unspecified atom stereocenters. The Labute approximate surface area is 196 Å². The van der Waals surface area contributed by atoms with E-state index in [1.54, 1.807) is 23.7 Å². The highest BCUT2D eigenvalue weighted by Crippen LogP contribution is 2.41. The number of nitrogens with one attached hydrogen (secondary N) is 2. The van der Waals surface area contributed by atoms with Crippen molar-refractivity contribution >= 4 is 50.9 Å². The van der Waals surface area contributed by atoms with Crippen LogP contribution in [0, 0.1) is 17.2 Å². The summed E-state index contributed by atoms with van der Waals surface area (Å²) in [6, 6.07) is 5.49. The molecule has 0 bridgehead atoms. The van der Waals surface area contributed by atoms with E-state index in [1.165, 1.54) is 16.7 Å². The molecule has 1 aliphatic carbocycles. The van der Waals surface area contributed by atoms with E-state index in [9.17, 15) is 9.90 Å². The van der Waals surface area contributed by atoms with Crippen LogP contribution in [0.25, 0.3) is 10.2 Å². The van der Waals surface area contributed by atoms with E-state index in [2.05, 4.69) is 15.3 Å². The Balaban J connectivity index is 1.40. The first kappa shape index (κ1) is 21.8. The SMILES string of the molecule is N=Cc1cc(Nc2ncnc3sc4c(c23)CCC(C(=O)N2CCCC(CO)C2)C4)ccc1N. The number of likely N-dealkylation sites (tertiary alicyclic amines) is 1. The number of aryl methyl sites for hydroxylation is 1.